The number of benzene rings is 1. The number of ether oxygens (including phenoxy) is 2. The van der Waals surface area contributed by atoms with Gasteiger partial charge in [0.05, 0.1) is 23.6 Å². The van der Waals surface area contributed by atoms with Crippen LogP contribution in [0.2, 0.25) is 0 Å². The first-order valence-electron chi connectivity index (χ1n) is 8.19. The van der Waals surface area contributed by atoms with Crippen molar-refractivity contribution in [1.82, 2.24) is 0 Å². The second-order valence-electron chi connectivity index (χ2n) is 6.02. The summed E-state index contributed by atoms with van der Waals surface area (Å²) in [4.78, 5) is 39.8. The molecule has 1 amide bonds. The molecule has 26 heavy (non-hydrogen) atoms. The van der Waals surface area contributed by atoms with E-state index in [4.69, 9.17) is 9.47 Å². The van der Waals surface area contributed by atoms with E-state index in [0.717, 1.165) is 4.88 Å². The Morgan fingerprint density at radius 1 is 1.23 bits per heavy atom. The van der Waals surface area contributed by atoms with Crippen molar-refractivity contribution in [2.24, 2.45) is 5.92 Å². The van der Waals surface area contributed by atoms with Crippen molar-refractivity contribution in [3.05, 3.63) is 46.2 Å². The highest BCUT2D eigenvalue weighted by molar-refractivity contribution is 7.14. The number of anilines is 1. The Bertz CT molecular complexity index is 844. The molecule has 1 aromatic heterocycles. The molecule has 6 nitrogen and oxygen atoms in total. The van der Waals surface area contributed by atoms with Gasteiger partial charge in [-0.1, -0.05) is 12.1 Å². The highest BCUT2D eigenvalue weighted by atomic mass is 32.1. The number of Topliss-reactive ketones (excluding diaryl/α,β-unsaturated/α-hetero) is 1. The first-order chi connectivity index (χ1) is 12.5. The number of thiophene rings is 1. The van der Waals surface area contributed by atoms with Gasteiger partial charge in [0.1, 0.15) is 5.75 Å². The summed E-state index contributed by atoms with van der Waals surface area (Å²) in [6.07, 6.45) is 0.0587. The van der Waals surface area contributed by atoms with Crippen LogP contribution >= 0.6 is 11.3 Å². The summed E-state index contributed by atoms with van der Waals surface area (Å²) < 4.78 is 10.4. The summed E-state index contributed by atoms with van der Waals surface area (Å²) in [6, 6.07) is 10.7. The Morgan fingerprint density at radius 2 is 2.00 bits per heavy atom. The molecule has 0 bridgehead atoms. The molecule has 2 aromatic rings. The number of esters is 1. The monoisotopic (exact) mass is 373 g/mol. The van der Waals surface area contributed by atoms with Crippen LogP contribution in [0.4, 0.5) is 5.69 Å². The quantitative estimate of drug-likeness (QED) is 0.575. The molecule has 0 unspecified atom stereocenters. The van der Waals surface area contributed by atoms with Crippen LogP contribution in [0.25, 0.3) is 0 Å². The lowest BCUT2D eigenvalue weighted by Gasteiger charge is -2.19. The van der Waals surface area contributed by atoms with Gasteiger partial charge in [0, 0.05) is 17.8 Å². The Balaban J connectivity index is 1.61. The number of carbonyl (C=O) groups excluding carboxylic acids is 3. The number of para-hydroxylation sites is 2. The van der Waals surface area contributed by atoms with Crippen molar-refractivity contribution in [1.29, 1.82) is 0 Å². The molecule has 0 spiro atoms. The van der Waals surface area contributed by atoms with E-state index in [2.05, 4.69) is 0 Å². The molecule has 0 aliphatic carbocycles. The average molecular weight is 373 g/mol. The molecule has 0 radical (unpaired) electrons. The predicted molar refractivity (Wildman–Crippen MR) is 97.8 cm³/mol. The smallest absolute Gasteiger partial charge is 0.311 e. The predicted octanol–water partition coefficient (Wildman–Crippen LogP) is 2.84. The van der Waals surface area contributed by atoms with Gasteiger partial charge in [0.2, 0.25) is 11.7 Å². The standard InChI is InChI=1S/C19H19NO5S/c1-12-7-8-17(26-12)15(21)11-25-19(23)13-9-18(22)20(10-13)14-5-3-4-6-16(14)24-2/h3-8,13H,9-11H2,1-2H3/t13-/m1/s1. The number of carbonyl (C=O) groups is 3. The third kappa shape index (κ3) is 3.77. The van der Waals surface area contributed by atoms with Crippen molar-refractivity contribution in [3.8, 4) is 5.75 Å². The number of nitrogens with zero attached hydrogens (tertiary/aromatic N) is 1. The minimum Gasteiger partial charge on any atom is -0.495 e. The number of aryl methyl sites for hydroxylation is 1. The van der Waals surface area contributed by atoms with Crippen LogP contribution < -0.4 is 9.64 Å². The largest absolute Gasteiger partial charge is 0.495 e. The molecule has 0 N–H and O–H groups in total. The fourth-order valence-corrected chi connectivity index (χ4v) is 3.65. The van der Waals surface area contributed by atoms with Crippen LogP contribution in [0.15, 0.2) is 36.4 Å². The number of hydrogen-bond donors (Lipinski definition) is 0. The van der Waals surface area contributed by atoms with Crippen molar-refractivity contribution >= 4 is 34.7 Å². The van der Waals surface area contributed by atoms with E-state index in [-0.39, 0.29) is 31.3 Å². The van der Waals surface area contributed by atoms with Crippen LogP contribution in [0.1, 0.15) is 21.0 Å². The SMILES string of the molecule is COc1ccccc1N1C[C@H](C(=O)OCC(=O)c2ccc(C)s2)CC1=O. The third-order valence-corrected chi connectivity index (χ3v) is 5.24. The van der Waals surface area contributed by atoms with E-state index in [1.54, 1.807) is 24.3 Å². The first kappa shape index (κ1) is 18.1. The molecule has 1 aliphatic rings. The lowest BCUT2D eigenvalue weighted by Crippen LogP contribution is -2.27. The van der Waals surface area contributed by atoms with Gasteiger partial charge in [-0.15, -0.1) is 11.3 Å². The maximum atomic E-state index is 12.3. The third-order valence-electron chi connectivity index (χ3n) is 4.20. The minimum atomic E-state index is -0.592. The highest BCUT2D eigenvalue weighted by Gasteiger charge is 2.37. The molecule has 1 atom stereocenters. The van der Waals surface area contributed by atoms with Crippen molar-refractivity contribution in [2.45, 2.75) is 13.3 Å². The Labute approximate surface area is 155 Å². The molecule has 1 aliphatic heterocycles. The molecule has 7 heteroatoms. The number of hydrogen-bond acceptors (Lipinski definition) is 6. The van der Waals surface area contributed by atoms with Crippen LogP contribution in [0.3, 0.4) is 0 Å². The molecule has 2 heterocycles. The second-order valence-corrected chi connectivity index (χ2v) is 7.31. The summed E-state index contributed by atoms with van der Waals surface area (Å²) in [5.41, 5.74) is 0.625. The van der Waals surface area contributed by atoms with Gasteiger partial charge in [-0.2, -0.15) is 0 Å². The summed E-state index contributed by atoms with van der Waals surface area (Å²) >= 11 is 1.36. The van der Waals surface area contributed by atoms with Gasteiger partial charge in [-0.05, 0) is 31.2 Å². The number of amides is 1. The zero-order valence-corrected chi connectivity index (χ0v) is 15.4. The van der Waals surface area contributed by atoms with Crippen LogP contribution in [0.5, 0.6) is 5.75 Å². The maximum absolute atomic E-state index is 12.3. The van der Waals surface area contributed by atoms with Gasteiger partial charge in [-0.25, -0.2) is 0 Å². The summed E-state index contributed by atoms with van der Waals surface area (Å²) in [6.45, 7) is 1.81. The van der Waals surface area contributed by atoms with Crippen LogP contribution in [-0.4, -0.2) is 37.9 Å². The zero-order chi connectivity index (χ0) is 18.7. The zero-order valence-electron chi connectivity index (χ0n) is 14.6. The lowest BCUT2D eigenvalue weighted by atomic mass is 10.1. The fraction of sp³-hybridized carbons (Fsp3) is 0.316. The van der Waals surface area contributed by atoms with E-state index in [9.17, 15) is 14.4 Å². The molecular formula is C19H19NO5S. The van der Waals surface area contributed by atoms with Gasteiger partial charge in [0.25, 0.3) is 0 Å². The van der Waals surface area contributed by atoms with E-state index in [1.165, 1.54) is 23.3 Å². The normalized spacial score (nSPS) is 16.6. The summed E-state index contributed by atoms with van der Waals surface area (Å²) in [7, 11) is 1.53. The first-order valence-corrected chi connectivity index (χ1v) is 9.01. The van der Waals surface area contributed by atoms with E-state index >= 15 is 0 Å². The van der Waals surface area contributed by atoms with Gasteiger partial charge < -0.3 is 14.4 Å². The van der Waals surface area contributed by atoms with Gasteiger partial charge >= 0.3 is 5.97 Å². The lowest BCUT2D eigenvalue weighted by molar-refractivity contribution is -0.147. The summed E-state index contributed by atoms with van der Waals surface area (Å²) in [5.74, 6) is -0.959. The molecule has 0 saturated carbocycles. The number of rotatable bonds is 6. The minimum absolute atomic E-state index is 0.0587. The van der Waals surface area contributed by atoms with Crippen LogP contribution in [0, 0.1) is 12.8 Å². The van der Waals surface area contributed by atoms with Crippen molar-refractivity contribution in [3.63, 3.8) is 0 Å². The van der Waals surface area contributed by atoms with Crippen molar-refractivity contribution < 1.29 is 23.9 Å². The fourth-order valence-electron chi connectivity index (χ4n) is 2.86. The molecule has 1 aromatic carbocycles. The highest BCUT2D eigenvalue weighted by Crippen LogP contribution is 2.33. The molecular weight excluding hydrogens is 354 g/mol. The molecule has 1 fully saturated rings. The van der Waals surface area contributed by atoms with E-state index in [0.29, 0.717) is 16.3 Å². The Morgan fingerprint density at radius 3 is 2.69 bits per heavy atom. The number of methoxy groups -OCH3 is 1. The average Bonchev–Trinajstić information content (AvgIpc) is 3.25. The molecule has 136 valence electrons. The van der Waals surface area contributed by atoms with E-state index < -0.39 is 11.9 Å². The topological polar surface area (TPSA) is 72.9 Å². The van der Waals surface area contributed by atoms with Gasteiger partial charge in [-0.3, -0.25) is 14.4 Å². The van der Waals surface area contributed by atoms with Crippen molar-refractivity contribution in [2.75, 3.05) is 25.2 Å². The van der Waals surface area contributed by atoms with E-state index in [1.807, 2.05) is 19.1 Å². The second kappa shape index (κ2) is 7.70. The maximum Gasteiger partial charge on any atom is 0.311 e. The Kier molecular flexibility index (Phi) is 5.37. The van der Waals surface area contributed by atoms with Gasteiger partial charge in [0.15, 0.2) is 6.61 Å². The van der Waals surface area contributed by atoms with Crippen LogP contribution in [-0.2, 0) is 14.3 Å². The molecule has 1 saturated heterocycles. The Hall–Kier alpha value is -2.67. The molecule has 3 rings (SSSR count). The number of ketones is 1. The summed E-state index contributed by atoms with van der Waals surface area (Å²) in [5, 5.41) is 0.